The standard InChI is InChI=1S/C11H10BrFN2O/c1-15-6-14-11(12)10(15)7-3-4-9(16-2)8(13)5-7/h3-6H,1-2H3. The molecule has 0 bridgehead atoms. The molecule has 0 radical (unpaired) electrons. The topological polar surface area (TPSA) is 27.1 Å². The largest absolute Gasteiger partial charge is 0.494 e. The summed E-state index contributed by atoms with van der Waals surface area (Å²) in [5, 5.41) is 0. The Kier molecular flexibility index (Phi) is 2.96. The SMILES string of the molecule is COc1ccc(-c2c(Br)ncn2C)cc1F. The molecule has 1 heterocycles. The van der Waals surface area contributed by atoms with Gasteiger partial charge in [0, 0.05) is 12.6 Å². The van der Waals surface area contributed by atoms with Gasteiger partial charge >= 0.3 is 0 Å². The van der Waals surface area contributed by atoms with E-state index in [4.69, 9.17) is 4.74 Å². The average molecular weight is 285 g/mol. The molecule has 84 valence electrons. The van der Waals surface area contributed by atoms with E-state index in [1.54, 1.807) is 18.5 Å². The number of rotatable bonds is 2. The van der Waals surface area contributed by atoms with Crippen molar-refractivity contribution >= 4 is 15.9 Å². The lowest BCUT2D eigenvalue weighted by Gasteiger charge is -2.06. The Bertz CT molecular complexity index is 505. The van der Waals surface area contributed by atoms with Gasteiger partial charge in [0.25, 0.3) is 0 Å². The molecule has 0 saturated carbocycles. The number of aryl methyl sites for hydroxylation is 1. The number of imidazole rings is 1. The van der Waals surface area contributed by atoms with Crippen molar-refractivity contribution in [1.29, 1.82) is 0 Å². The number of aromatic nitrogens is 2. The Morgan fingerprint density at radius 1 is 1.44 bits per heavy atom. The maximum atomic E-state index is 13.5. The predicted octanol–water partition coefficient (Wildman–Crippen LogP) is 3.00. The predicted molar refractivity (Wildman–Crippen MR) is 62.9 cm³/mol. The highest BCUT2D eigenvalue weighted by molar-refractivity contribution is 9.10. The second-order valence-electron chi connectivity index (χ2n) is 3.34. The van der Waals surface area contributed by atoms with E-state index in [0.717, 1.165) is 11.3 Å². The fourth-order valence-corrected chi connectivity index (χ4v) is 2.14. The maximum Gasteiger partial charge on any atom is 0.165 e. The molecule has 0 saturated heterocycles. The molecular weight excluding hydrogens is 275 g/mol. The lowest BCUT2D eigenvalue weighted by Crippen LogP contribution is -1.93. The fourth-order valence-electron chi connectivity index (χ4n) is 1.54. The molecule has 0 atom stereocenters. The van der Waals surface area contributed by atoms with E-state index >= 15 is 0 Å². The third kappa shape index (κ3) is 1.82. The summed E-state index contributed by atoms with van der Waals surface area (Å²) in [6.45, 7) is 0. The van der Waals surface area contributed by atoms with Crippen molar-refractivity contribution in [3.63, 3.8) is 0 Å². The van der Waals surface area contributed by atoms with E-state index in [2.05, 4.69) is 20.9 Å². The first-order valence-electron chi connectivity index (χ1n) is 4.64. The maximum absolute atomic E-state index is 13.5. The normalized spacial score (nSPS) is 10.5. The second-order valence-corrected chi connectivity index (χ2v) is 4.10. The Balaban J connectivity index is 2.53. The van der Waals surface area contributed by atoms with Gasteiger partial charge in [-0.25, -0.2) is 9.37 Å². The molecule has 3 nitrogen and oxygen atoms in total. The van der Waals surface area contributed by atoms with Crippen molar-refractivity contribution in [2.45, 2.75) is 0 Å². The monoisotopic (exact) mass is 284 g/mol. The van der Waals surface area contributed by atoms with E-state index in [1.807, 2.05) is 11.6 Å². The summed E-state index contributed by atoms with van der Waals surface area (Å²) in [6, 6.07) is 4.83. The Morgan fingerprint density at radius 2 is 2.19 bits per heavy atom. The summed E-state index contributed by atoms with van der Waals surface area (Å²) in [5.41, 5.74) is 1.59. The molecule has 0 fully saturated rings. The molecule has 1 aromatic carbocycles. The minimum atomic E-state index is -0.381. The smallest absolute Gasteiger partial charge is 0.165 e. The van der Waals surface area contributed by atoms with Crippen molar-refractivity contribution in [3.05, 3.63) is 34.9 Å². The van der Waals surface area contributed by atoms with Crippen molar-refractivity contribution in [2.75, 3.05) is 7.11 Å². The summed E-state index contributed by atoms with van der Waals surface area (Å²) in [5.74, 6) is -0.143. The first-order valence-corrected chi connectivity index (χ1v) is 5.43. The summed E-state index contributed by atoms with van der Waals surface area (Å²) in [7, 11) is 3.30. The molecule has 0 aliphatic rings. The lowest BCUT2D eigenvalue weighted by atomic mass is 10.1. The van der Waals surface area contributed by atoms with Gasteiger partial charge in [-0.2, -0.15) is 0 Å². The molecule has 0 amide bonds. The zero-order chi connectivity index (χ0) is 11.7. The summed E-state index contributed by atoms with van der Waals surface area (Å²) >= 11 is 3.33. The van der Waals surface area contributed by atoms with Gasteiger partial charge in [-0.3, -0.25) is 0 Å². The van der Waals surface area contributed by atoms with Crippen LogP contribution in [0.1, 0.15) is 0 Å². The van der Waals surface area contributed by atoms with Crippen LogP contribution in [-0.2, 0) is 7.05 Å². The van der Waals surface area contributed by atoms with Crippen LogP contribution in [-0.4, -0.2) is 16.7 Å². The van der Waals surface area contributed by atoms with E-state index in [-0.39, 0.29) is 11.6 Å². The van der Waals surface area contributed by atoms with Crippen LogP contribution in [0.3, 0.4) is 0 Å². The number of nitrogens with zero attached hydrogens (tertiary/aromatic N) is 2. The van der Waals surface area contributed by atoms with Crippen molar-refractivity contribution in [2.24, 2.45) is 7.05 Å². The number of methoxy groups -OCH3 is 1. The van der Waals surface area contributed by atoms with Crippen LogP contribution in [0.4, 0.5) is 4.39 Å². The third-order valence-electron chi connectivity index (χ3n) is 2.32. The zero-order valence-corrected chi connectivity index (χ0v) is 10.5. The molecule has 0 aliphatic heterocycles. The van der Waals surface area contributed by atoms with Crippen LogP contribution in [0.2, 0.25) is 0 Å². The number of hydrogen-bond acceptors (Lipinski definition) is 2. The fraction of sp³-hybridized carbons (Fsp3) is 0.182. The Labute approximate surface area is 101 Å². The van der Waals surface area contributed by atoms with Gasteiger partial charge in [0.2, 0.25) is 0 Å². The molecule has 2 aromatic rings. The van der Waals surface area contributed by atoms with E-state index in [1.165, 1.54) is 13.2 Å². The van der Waals surface area contributed by atoms with Gasteiger partial charge in [0.1, 0.15) is 4.60 Å². The summed E-state index contributed by atoms with van der Waals surface area (Å²) < 4.78 is 20.9. The molecule has 0 N–H and O–H groups in total. The molecule has 16 heavy (non-hydrogen) atoms. The van der Waals surface area contributed by atoms with E-state index < -0.39 is 0 Å². The first-order chi connectivity index (χ1) is 7.63. The van der Waals surface area contributed by atoms with Gasteiger partial charge < -0.3 is 9.30 Å². The van der Waals surface area contributed by atoms with Crippen LogP contribution in [0, 0.1) is 5.82 Å². The van der Waals surface area contributed by atoms with Crippen LogP contribution in [0.15, 0.2) is 29.1 Å². The van der Waals surface area contributed by atoms with Crippen molar-refractivity contribution in [1.82, 2.24) is 9.55 Å². The summed E-state index contributed by atoms with van der Waals surface area (Å²) in [4.78, 5) is 4.09. The van der Waals surface area contributed by atoms with Gasteiger partial charge in [0.15, 0.2) is 11.6 Å². The molecule has 0 spiro atoms. The number of benzene rings is 1. The minimum absolute atomic E-state index is 0.238. The number of ether oxygens (including phenoxy) is 1. The Hall–Kier alpha value is -1.36. The van der Waals surface area contributed by atoms with Gasteiger partial charge in [0.05, 0.1) is 19.1 Å². The summed E-state index contributed by atoms with van der Waals surface area (Å²) in [6.07, 6.45) is 1.67. The van der Waals surface area contributed by atoms with E-state index in [9.17, 15) is 4.39 Å². The average Bonchev–Trinajstić information content (AvgIpc) is 2.58. The van der Waals surface area contributed by atoms with Gasteiger partial charge in [-0.1, -0.05) is 0 Å². The highest BCUT2D eigenvalue weighted by Crippen LogP contribution is 2.29. The molecule has 2 rings (SSSR count). The highest BCUT2D eigenvalue weighted by Gasteiger charge is 2.11. The molecule has 1 aromatic heterocycles. The van der Waals surface area contributed by atoms with Gasteiger partial charge in [-0.15, -0.1) is 0 Å². The Morgan fingerprint density at radius 3 is 2.69 bits per heavy atom. The number of hydrogen-bond donors (Lipinski definition) is 0. The van der Waals surface area contributed by atoms with Crippen LogP contribution in [0.5, 0.6) is 5.75 Å². The number of halogens is 2. The first kappa shape index (κ1) is 11.1. The molecule has 0 unspecified atom stereocenters. The second kappa shape index (κ2) is 4.25. The van der Waals surface area contributed by atoms with Crippen molar-refractivity contribution < 1.29 is 9.13 Å². The molecular formula is C11H10BrFN2O. The molecule has 5 heteroatoms. The highest BCUT2D eigenvalue weighted by atomic mass is 79.9. The quantitative estimate of drug-likeness (QED) is 0.848. The van der Waals surface area contributed by atoms with E-state index in [0.29, 0.717) is 4.60 Å². The van der Waals surface area contributed by atoms with Crippen LogP contribution >= 0.6 is 15.9 Å². The minimum Gasteiger partial charge on any atom is -0.494 e. The van der Waals surface area contributed by atoms with Gasteiger partial charge in [-0.05, 0) is 34.1 Å². The molecule has 0 aliphatic carbocycles. The van der Waals surface area contributed by atoms with Crippen LogP contribution < -0.4 is 4.74 Å². The third-order valence-corrected chi connectivity index (χ3v) is 2.90. The van der Waals surface area contributed by atoms with Crippen molar-refractivity contribution in [3.8, 4) is 17.0 Å². The van der Waals surface area contributed by atoms with Crippen LogP contribution in [0.25, 0.3) is 11.3 Å². The zero-order valence-electron chi connectivity index (χ0n) is 8.87. The lowest BCUT2D eigenvalue weighted by molar-refractivity contribution is 0.386.